The average molecular weight is 299 g/mol. The Morgan fingerprint density at radius 3 is 2.36 bits per heavy atom. The minimum atomic E-state index is -1.04. The average Bonchev–Trinajstić information content (AvgIpc) is 2.91. The first-order chi connectivity index (χ1) is 10.5. The van der Waals surface area contributed by atoms with Crippen molar-refractivity contribution in [1.29, 1.82) is 10.8 Å². The molecule has 0 aliphatic heterocycles. The fraction of sp³-hybridized carbons (Fsp3) is 0.412. The molecule has 1 unspecified atom stereocenters. The number of nitrogens with one attached hydrogen (secondary N) is 3. The van der Waals surface area contributed by atoms with Gasteiger partial charge in [0.05, 0.1) is 0 Å². The van der Waals surface area contributed by atoms with E-state index in [4.69, 9.17) is 22.3 Å². The number of hydrogen-bond acceptors (Lipinski definition) is 2. The lowest BCUT2D eigenvalue weighted by atomic mass is 9.65. The lowest BCUT2D eigenvalue weighted by Crippen LogP contribution is -2.55. The van der Waals surface area contributed by atoms with Crippen LogP contribution < -0.4 is 11.5 Å². The molecule has 0 saturated carbocycles. The van der Waals surface area contributed by atoms with Crippen molar-refractivity contribution >= 4 is 22.6 Å². The van der Waals surface area contributed by atoms with Crippen molar-refractivity contribution in [3.63, 3.8) is 0 Å². The van der Waals surface area contributed by atoms with Crippen molar-refractivity contribution in [3.8, 4) is 0 Å². The summed E-state index contributed by atoms with van der Waals surface area (Å²) in [6.07, 6.45) is 4.50. The Hall–Kier alpha value is -2.30. The fourth-order valence-corrected chi connectivity index (χ4v) is 3.57. The van der Waals surface area contributed by atoms with E-state index in [1.807, 2.05) is 30.5 Å². The van der Waals surface area contributed by atoms with E-state index < -0.39 is 5.41 Å². The van der Waals surface area contributed by atoms with Gasteiger partial charge in [-0.2, -0.15) is 0 Å². The van der Waals surface area contributed by atoms with Gasteiger partial charge in [0, 0.05) is 17.1 Å². The lowest BCUT2D eigenvalue weighted by molar-refractivity contribution is 0.386. The van der Waals surface area contributed by atoms with E-state index in [-0.39, 0.29) is 17.6 Å². The first kappa shape index (κ1) is 16.1. The van der Waals surface area contributed by atoms with Gasteiger partial charge in [0.1, 0.15) is 17.1 Å². The molecule has 1 heterocycles. The summed E-state index contributed by atoms with van der Waals surface area (Å²) >= 11 is 0. The minimum Gasteiger partial charge on any atom is -0.387 e. The largest absolute Gasteiger partial charge is 0.387 e. The molecule has 1 aromatic heterocycles. The number of rotatable bonds is 7. The van der Waals surface area contributed by atoms with E-state index in [0.29, 0.717) is 0 Å². The summed E-state index contributed by atoms with van der Waals surface area (Å²) in [5.74, 6) is -0.0678. The zero-order valence-corrected chi connectivity index (χ0v) is 13.2. The standard InChI is InChI=1S/C17H25N5/c1-3-7-11(4-2)17(15(18)19,16(20)21)13-10-22-14-9-6-5-8-12(13)14/h5-6,8-11,22H,3-4,7H2,1-2H3,(H3,18,19)(H3,20,21). The Morgan fingerprint density at radius 1 is 1.18 bits per heavy atom. The van der Waals surface area contributed by atoms with Crippen molar-refractivity contribution in [2.45, 2.75) is 38.5 Å². The molecule has 0 spiro atoms. The molecule has 7 N–H and O–H groups in total. The van der Waals surface area contributed by atoms with Crippen LogP contribution in [-0.4, -0.2) is 16.7 Å². The van der Waals surface area contributed by atoms with Gasteiger partial charge in [-0.3, -0.25) is 10.8 Å². The van der Waals surface area contributed by atoms with Crippen LogP contribution >= 0.6 is 0 Å². The molecule has 0 saturated heterocycles. The highest BCUT2D eigenvalue weighted by Crippen LogP contribution is 2.40. The Labute approximate surface area is 131 Å². The molecular weight excluding hydrogens is 274 g/mol. The maximum atomic E-state index is 8.24. The molecule has 0 aliphatic carbocycles. The molecule has 22 heavy (non-hydrogen) atoms. The summed E-state index contributed by atoms with van der Waals surface area (Å²) in [6, 6.07) is 7.87. The predicted molar refractivity (Wildman–Crippen MR) is 92.5 cm³/mol. The molecule has 5 heteroatoms. The third-order valence-electron chi connectivity index (χ3n) is 4.61. The molecule has 0 radical (unpaired) electrons. The van der Waals surface area contributed by atoms with Crippen LogP contribution in [0.5, 0.6) is 0 Å². The molecule has 0 fully saturated rings. The summed E-state index contributed by atoms with van der Waals surface area (Å²) in [5, 5.41) is 17.4. The van der Waals surface area contributed by atoms with Crippen LogP contribution in [0.25, 0.3) is 10.9 Å². The highest BCUT2D eigenvalue weighted by atomic mass is 14.9. The molecule has 0 amide bonds. The number of H-pyrrole nitrogens is 1. The lowest BCUT2D eigenvalue weighted by Gasteiger charge is -2.38. The first-order valence-electron chi connectivity index (χ1n) is 7.75. The summed E-state index contributed by atoms with van der Waals surface area (Å²) in [6.45, 7) is 4.17. The van der Waals surface area contributed by atoms with Gasteiger partial charge in [-0.05, 0) is 24.0 Å². The van der Waals surface area contributed by atoms with Crippen LogP contribution in [0.15, 0.2) is 30.5 Å². The smallest absolute Gasteiger partial charge is 0.113 e. The molecule has 5 nitrogen and oxygen atoms in total. The minimum absolute atomic E-state index is 0.0340. The van der Waals surface area contributed by atoms with Crippen LogP contribution in [0.4, 0.5) is 0 Å². The maximum absolute atomic E-state index is 8.24. The summed E-state index contributed by atoms with van der Waals surface area (Å²) in [7, 11) is 0. The van der Waals surface area contributed by atoms with Gasteiger partial charge >= 0.3 is 0 Å². The number of aromatic amines is 1. The van der Waals surface area contributed by atoms with E-state index in [2.05, 4.69) is 18.8 Å². The third kappa shape index (κ3) is 2.26. The number of benzene rings is 1. The van der Waals surface area contributed by atoms with Crippen molar-refractivity contribution in [1.82, 2.24) is 4.98 Å². The number of amidine groups is 2. The highest BCUT2D eigenvalue weighted by Gasteiger charge is 2.46. The van der Waals surface area contributed by atoms with Crippen LogP contribution in [-0.2, 0) is 5.41 Å². The van der Waals surface area contributed by atoms with E-state index >= 15 is 0 Å². The third-order valence-corrected chi connectivity index (χ3v) is 4.61. The zero-order valence-electron chi connectivity index (χ0n) is 13.2. The maximum Gasteiger partial charge on any atom is 0.113 e. The van der Waals surface area contributed by atoms with Gasteiger partial charge in [-0.25, -0.2) is 0 Å². The van der Waals surface area contributed by atoms with E-state index in [9.17, 15) is 0 Å². The van der Waals surface area contributed by atoms with E-state index in [0.717, 1.165) is 35.7 Å². The molecule has 1 atom stereocenters. The normalized spacial score (nSPS) is 15.4. The van der Waals surface area contributed by atoms with Gasteiger partial charge in [-0.15, -0.1) is 0 Å². The second-order valence-electron chi connectivity index (χ2n) is 5.78. The zero-order chi connectivity index (χ0) is 16.3. The van der Waals surface area contributed by atoms with Gasteiger partial charge in [0.15, 0.2) is 0 Å². The quantitative estimate of drug-likeness (QED) is 0.399. The summed E-state index contributed by atoms with van der Waals surface area (Å²) in [5.41, 5.74) is 12.8. The SMILES string of the molecule is CCCC(CC)C(C(=N)N)(C(=N)N)c1c[nH]c2ccccc12. The number of fused-ring (bicyclic) bond motifs is 1. The molecular formula is C17H25N5. The Morgan fingerprint density at radius 2 is 1.82 bits per heavy atom. The number of aromatic nitrogens is 1. The van der Waals surface area contributed by atoms with Crippen molar-refractivity contribution < 1.29 is 0 Å². The van der Waals surface area contributed by atoms with E-state index in [1.54, 1.807) is 0 Å². The predicted octanol–water partition coefficient (Wildman–Crippen LogP) is 3.10. The first-order valence-corrected chi connectivity index (χ1v) is 7.75. The number of para-hydroxylation sites is 1. The van der Waals surface area contributed by atoms with Crippen LogP contribution in [0.1, 0.15) is 38.7 Å². The van der Waals surface area contributed by atoms with Gasteiger partial charge in [0.2, 0.25) is 0 Å². The van der Waals surface area contributed by atoms with Crippen molar-refractivity contribution in [2.75, 3.05) is 0 Å². The molecule has 0 bridgehead atoms. The molecule has 118 valence electrons. The second-order valence-corrected chi connectivity index (χ2v) is 5.78. The van der Waals surface area contributed by atoms with Crippen molar-refractivity contribution in [3.05, 3.63) is 36.0 Å². The molecule has 2 rings (SSSR count). The highest BCUT2D eigenvalue weighted by molar-refractivity contribution is 6.14. The monoisotopic (exact) mass is 299 g/mol. The Bertz CT molecular complexity index is 671. The molecule has 2 aromatic rings. The van der Waals surface area contributed by atoms with Gasteiger partial charge in [-0.1, -0.05) is 44.9 Å². The Kier molecular flexibility index (Phi) is 4.54. The summed E-state index contributed by atoms with van der Waals surface area (Å²) < 4.78 is 0. The van der Waals surface area contributed by atoms with Crippen molar-refractivity contribution in [2.24, 2.45) is 17.4 Å². The summed E-state index contributed by atoms with van der Waals surface area (Å²) in [4.78, 5) is 3.22. The van der Waals surface area contributed by atoms with Gasteiger partial charge < -0.3 is 16.5 Å². The molecule has 1 aromatic carbocycles. The topological polar surface area (TPSA) is 116 Å². The number of nitrogens with two attached hydrogens (primary N) is 2. The Balaban J connectivity index is 2.77. The van der Waals surface area contributed by atoms with Crippen LogP contribution in [0.2, 0.25) is 0 Å². The van der Waals surface area contributed by atoms with Gasteiger partial charge in [0.25, 0.3) is 0 Å². The van der Waals surface area contributed by atoms with E-state index in [1.165, 1.54) is 0 Å². The second kappa shape index (κ2) is 6.22. The van der Waals surface area contributed by atoms with Crippen LogP contribution in [0.3, 0.4) is 0 Å². The van der Waals surface area contributed by atoms with Crippen LogP contribution in [0, 0.1) is 16.7 Å². The number of hydrogen-bond donors (Lipinski definition) is 5. The molecule has 0 aliphatic rings. The fourth-order valence-electron chi connectivity index (χ4n) is 3.57.